The van der Waals surface area contributed by atoms with Crippen molar-refractivity contribution in [2.24, 2.45) is 0 Å². The Labute approximate surface area is 219 Å². The standard InChI is InChI=1S/C30H27FN4O3/c1-35-13-7-11-21(35)18-38-30-33-28-25(29(34-30)37-17-19-8-3-2-4-9-19)16-32-27(26(28)31)24-15-22(36)14-20-10-5-6-12-23(20)24/h2-6,8-10,12,14-16,21,36H,7,11,13,17-18H2,1H3/t21-/m0/s1. The summed E-state index contributed by atoms with van der Waals surface area (Å²) < 4.78 is 28.2. The van der Waals surface area contributed by atoms with E-state index in [0.717, 1.165) is 35.7 Å². The van der Waals surface area contributed by atoms with Crippen LogP contribution in [0.4, 0.5) is 4.39 Å². The Bertz CT molecular complexity index is 1610. The topological polar surface area (TPSA) is 80.6 Å². The molecular weight excluding hydrogens is 483 g/mol. The predicted molar refractivity (Wildman–Crippen MR) is 144 cm³/mol. The molecule has 1 aliphatic heterocycles. The molecule has 192 valence electrons. The molecule has 0 radical (unpaired) electrons. The van der Waals surface area contributed by atoms with Crippen LogP contribution < -0.4 is 9.47 Å². The zero-order chi connectivity index (χ0) is 26.1. The molecule has 0 bridgehead atoms. The first-order valence-corrected chi connectivity index (χ1v) is 12.6. The Morgan fingerprint density at radius 1 is 1.00 bits per heavy atom. The van der Waals surface area contributed by atoms with Crippen LogP contribution in [0.5, 0.6) is 17.6 Å². The average Bonchev–Trinajstić information content (AvgIpc) is 3.35. The summed E-state index contributed by atoms with van der Waals surface area (Å²) >= 11 is 0. The van der Waals surface area contributed by atoms with Gasteiger partial charge >= 0.3 is 6.01 Å². The van der Waals surface area contributed by atoms with Crippen LogP contribution in [0.25, 0.3) is 32.9 Å². The second kappa shape index (κ2) is 10.2. The van der Waals surface area contributed by atoms with E-state index in [1.165, 1.54) is 12.3 Å². The minimum Gasteiger partial charge on any atom is -0.508 e. The number of benzene rings is 3. The van der Waals surface area contributed by atoms with Crippen molar-refractivity contribution in [3.05, 3.63) is 84.3 Å². The van der Waals surface area contributed by atoms with Crippen LogP contribution in [0, 0.1) is 5.82 Å². The van der Waals surface area contributed by atoms with Crippen molar-refractivity contribution in [3.63, 3.8) is 0 Å². The van der Waals surface area contributed by atoms with Crippen LogP contribution in [-0.4, -0.2) is 51.2 Å². The molecule has 38 heavy (non-hydrogen) atoms. The zero-order valence-corrected chi connectivity index (χ0v) is 21.0. The normalized spacial score (nSPS) is 15.8. The van der Waals surface area contributed by atoms with Gasteiger partial charge in [-0.25, -0.2) is 4.39 Å². The van der Waals surface area contributed by atoms with Gasteiger partial charge in [-0.2, -0.15) is 9.97 Å². The van der Waals surface area contributed by atoms with Gasteiger partial charge in [-0.1, -0.05) is 54.6 Å². The maximum absolute atomic E-state index is 16.2. The lowest BCUT2D eigenvalue weighted by Crippen LogP contribution is -2.30. The largest absolute Gasteiger partial charge is 0.508 e. The summed E-state index contributed by atoms with van der Waals surface area (Å²) in [6.45, 7) is 1.66. The van der Waals surface area contributed by atoms with E-state index in [1.54, 1.807) is 6.07 Å². The van der Waals surface area contributed by atoms with E-state index in [1.807, 2.05) is 54.6 Å². The van der Waals surface area contributed by atoms with E-state index in [0.29, 0.717) is 17.6 Å². The number of likely N-dealkylation sites (tertiary alicyclic amines) is 1. The molecule has 3 heterocycles. The molecule has 1 fully saturated rings. The maximum Gasteiger partial charge on any atom is 0.320 e. The van der Waals surface area contributed by atoms with Gasteiger partial charge in [0.2, 0.25) is 5.88 Å². The molecule has 1 aliphatic rings. The van der Waals surface area contributed by atoms with Gasteiger partial charge < -0.3 is 19.5 Å². The molecule has 1 N–H and O–H groups in total. The summed E-state index contributed by atoms with van der Waals surface area (Å²) in [5.74, 6) is -0.403. The van der Waals surface area contributed by atoms with E-state index in [9.17, 15) is 5.11 Å². The van der Waals surface area contributed by atoms with Crippen molar-refractivity contribution in [1.29, 1.82) is 0 Å². The highest BCUT2D eigenvalue weighted by Gasteiger charge is 2.24. The number of hydrogen-bond acceptors (Lipinski definition) is 7. The third-order valence-electron chi connectivity index (χ3n) is 7.03. The van der Waals surface area contributed by atoms with E-state index in [-0.39, 0.29) is 41.5 Å². The summed E-state index contributed by atoms with van der Waals surface area (Å²) in [4.78, 5) is 15.6. The fourth-order valence-corrected chi connectivity index (χ4v) is 4.95. The second-order valence-electron chi connectivity index (χ2n) is 9.57. The quantitative estimate of drug-likeness (QED) is 0.299. The van der Waals surface area contributed by atoms with E-state index in [2.05, 4.69) is 26.9 Å². The Morgan fingerprint density at radius 2 is 1.82 bits per heavy atom. The number of phenolic OH excluding ortho intramolecular Hbond substituents is 1. The van der Waals surface area contributed by atoms with Crippen molar-refractivity contribution >= 4 is 21.7 Å². The van der Waals surface area contributed by atoms with Crippen LogP contribution in [0.3, 0.4) is 0 Å². The molecule has 0 saturated carbocycles. The molecule has 1 atom stereocenters. The molecule has 7 nitrogen and oxygen atoms in total. The lowest BCUT2D eigenvalue weighted by Gasteiger charge is -2.19. The number of aromatic nitrogens is 3. The van der Waals surface area contributed by atoms with E-state index in [4.69, 9.17) is 9.47 Å². The van der Waals surface area contributed by atoms with Crippen LogP contribution in [0.15, 0.2) is 72.9 Å². The molecule has 0 unspecified atom stereocenters. The number of phenols is 1. The summed E-state index contributed by atoms with van der Waals surface area (Å²) in [5, 5.41) is 12.2. The summed E-state index contributed by atoms with van der Waals surface area (Å²) in [6.07, 6.45) is 3.64. The van der Waals surface area contributed by atoms with Gasteiger partial charge in [-0.3, -0.25) is 4.98 Å². The third kappa shape index (κ3) is 4.70. The number of nitrogens with zero attached hydrogens (tertiary/aromatic N) is 4. The van der Waals surface area contributed by atoms with Crippen molar-refractivity contribution < 1.29 is 19.0 Å². The Morgan fingerprint density at radius 3 is 2.63 bits per heavy atom. The third-order valence-corrected chi connectivity index (χ3v) is 7.03. The smallest absolute Gasteiger partial charge is 0.320 e. The first-order valence-electron chi connectivity index (χ1n) is 12.6. The molecule has 0 aliphatic carbocycles. The minimum atomic E-state index is -0.631. The first-order chi connectivity index (χ1) is 18.6. The maximum atomic E-state index is 16.2. The molecular formula is C30H27FN4O3. The number of fused-ring (bicyclic) bond motifs is 2. The summed E-state index contributed by atoms with van der Waals surface area (Å²) in [6, 6.07) is 20.6. The van der Waals surface area contributed by atoms with Crippen molar-refractivity contribution in [2.75, 3.05) is 20.2 Å². The predicted octanol–water partition coefficient (Wildman–Crippen LogP) is 5.74. The second-order valence-corrected chi connectivity index (χ2v) is 9.57. The molecule has 0 amide bonds. The number of aromatic hydroxyl groups is 1. The number of ether oxygens (including phenoxy) is 2. The van der Waals surface area contributed by atoms with Gasteiger partial charge in [0, 0.05) is 17.8 Å². The van der Waals surface area contributed by atoms with Crippen molar-refractivity contribution in [2.45, 2.75) is 25.5 Å². The van der Waals surface area contributed by atoms with Crippen molar-refractivity contribution in [3.8, 4) is 28.9 Å². The SMILES string of the molecule is CN1CCC[C@H]1COc1nc(OCc2ccccc2)c2cnc(-c3cc(O)cc4ccccc34)c(F)c2n1. The highest BCUT2D eigenvalue weighted by Crippen LogP contribution is 2.36. The first kappa shape index (κ1) is 24.1. The number of hydrogen-bond donors (Lipinski definition) is 1. The lowest BCUT2D eigenvalue weighted by atomic mass is 10.0. The highest BCUT2D eigenvalue weighted by molar-refractivity contribution is 5.99. The summed E-state index contributed by atoms with van der Waals surface area (Å²) in [5.41, 5.74) is 1.56. The number of pyridine rings is 1. The van der Waals surface area contributed by atoms with Gasteiger partial charge in [-0.05, 0) is 54.9 Å². The van der Waals surface area contributed by atoms with Gasteiger partial charge in [0.05, 0.1) is 5.39 Å². The number of rotatable bonds is 7. The zero-order valence-electron chi connectivity index (χ0n) is 21.0. The van der Waals surface area contributed by atoms with Crippen LogP contribution in [0.1, 0.15) is 18.4 Å². The Kier molecular flexibility index (Phi) is 6.47. The van der Waals surface area contributed by atoms with Gasteiger partial charge in [0.15, 0.2) is 5.82 Å². The Balaban J connectivity index is 1.44. The molecule has 5 aromatic rings. The van der Waals surface area contributed by atoms with Gasteiger partial charge in [-0.15, -0.1) is 0 Å². The fraction of sp³-hybridized carbons (Fsp3) is 0.233. The molecule has 8 heteroatoms. The molecule has 1 saturated heterocycles. The molecule has 0 spiro atoms. The van der Waals surface area contributed by atoms with Gasteiger partial charge in [0.1, 0.15) is 30.2 Å². The van der Waals surface area contributed by atoms with Crippen LogP contribution >= 0.6 is 0 Å². The summed E-state index contributed by atoms with van der Waals surface area (Å²) in [7, 11) is 2.06. The average molecular weight is 511 g/mol. The van der Waals surface area contributed by atoms with E-state index >= 15 is 4.39 Å². The van der Waals surface area contributed by atoms with Crippen LogP contribution in [0.2, 0.25) is 0 Å². The van der Waals surface area contributed by atoms with Gasteiger partial charge in [0.25, 0.3) is 0 Å². The minimum absolute atomic E-state index is 0.0271. The molecule has 3 aromatic carbocycles. The van der Waals surface area contributed by atoms with Crippen LogP contribution in [-0.2, 0) is 6.61 Å². The molecule has 2 aromatic heterocycles. The monoisotopic (exact) mass is 510 g/mol. The van der Waals surface area contributed by atoms with Crippen molar-refractivity contribution in [1.82, 2.24) is 19.9 Å². The van der Waals surface area contributed by atoms with E-state index < -0.39 is 5.82 Å². The molecule has 6 rings (SSSR count). The Hall–Kier alpha value is -4.30. The fourth-order valence-electron chi connectivity index (χ4n) is 4.95. The lowest BCUT2D eigenvalue weighted by molar-refractivity contribution is 0.185. The number of halogens is 1. The number of likely N-dealkylation sites (N-methyl/N-ethyl adjacent to an activating group) is 1. The highest BCUT2D eigenvalue weighted by atomic mass is 19.1.